The highest BCUT2D eigenvalue weighted by atomic mass is 16.8. The number of carbonyl (C=O) groups is 2. The predicted octanol–water partition coefficient (Wildman–Crippen LogP) is -13.6. The Morgan fingerprint density at radius 1 is 0.292 bits per heavy atom. The smallest absolute Gasteiger partial charge is 0.338 e. The van der Waals surface area contributed by atoms with Crippen molar-refractivity contribution in [3.8, 4) is 0 Å². The van der Waals surface area contributed by atoms with Gasteiger partial charge in [-0.05, 0) is 24.3 Å². The van der Waals surface area contributed by atoms with Gasteiger partial charge in [0.1, 0.15) is 178 Å². The highest BCUT2D eigenvalue weighted by Gasteiger charge is 2.60. The molecule has 38 nitrogen and oxygen atoms in total. The molecule has 21 fully saturated rings. The minimum Gasteiger partial charge on any atom is -0.465 e. The first-order chi connectivity index (χ1) is 42.4. The fourth-order valence-corrected chi connectivity index (χ4v) is 11.5. The van der Waals surface area contributed by atoms with E-state index in [0.717, 1.165) is 7.11 Å². The maximum absolute atomic E-state index is 13.4. The van der Waals surface area contributed by atoms with Crippen LogP contribution in [0.15, 0.2) is 24.3 Å². The maximum Gasteiger partial charge on any atom is 0.338 e. The number of benzene rings is 1. The van der Waals surface area contributed by atoms with Gasteiger partial charge in [-0.25, -0.2) is 9.59 Å². The minimum atomic E-state index is -2.32. The molecule has 1 aromatic carbocycles. The van der Waals surface area contributed by atoms with E-state index >= 15 is 0 Å². The zero-order valence-electron chi connectivity index (χ0n) is 46.8. The third-order valence-electron chi connectivity index (χ3n) is 16.5. The van der Waals surface area contributed by atoms with Crippen molar-refractivity contribution in [3.63, 3.8) is 0 Å². The van der Waals surface area contributed by atoms with Crippen LogP contribution < -0.4 is 0 Å². The molecule has 89 heavy (non-hydrogen) atoms. The van der Waals surface area contributed by atoms with Crippen molar-refractivity contribution in [1.29, 1.82) is 0 Å². The molecule has 0 radical (unpaired) electrons. The average Bonchev–Trinajstić information content (AvgIpc) is 0.995. The molecule has 14 bridgehead atoms. The summed E-state index contributed by atoms with van der Waals surface area (Å²) in [5, 5.41) is 224. The molecular weight excluding hydrogens is 1220 g/mol. The van der Waals surface area contributed by atoms with Crippen LogP contribution in [-0.4, -0.2) is 382 Å². The van der Waals surface area contributed by atoms with Crippen LogP contribution in [0.4, 0.5) is 0 Å². The van der Waals surface area contributed by atoms with Crippen molar-refractivity contribution in [1.82, 2.24) is 0 Å². The molecular formula is C51H76O38. The Morgan fingerprint density at radius 2 is 0.472 bits per heavy atom. The topological polar surface area (TPSA) is 586 Å². The van der Waals surface area contributed by atoms with Crippen molar-refractivity contribution in [2.75, 3.05) is 53.4 Å². The van der Waals surface area contributed by atoms with Crippen LogP contribution in [0.3, 0.4) is 0 Å². The number of hydrogen-bond donors (Lipinski definition) is 20. The number of aliphatic hydroxyl groups excluding tert-OH is 20. The summed E-state index contributed by atoms with van der Waals surface area (Å²) in [5.41, 5.74) is -0.122. The van der Waals surface area contributed by atoms with E-state index in [4.69, 9.17) is 71.1 Å². The first kappa shape index (κ1) is 70.1. The summed E-state index contributed by atoms with van der Waals surface area (Å²) >= 11 is 0. The zero-order chi connectivity index (χ0) is 64.6. The van der Waals surface area contributed by atoms with Crippen LogP contribution >= 0.6 is 0 Å². The lowest BCUT2D eigenvalue weighted by Gasteiger charge is -2.50. The standard InChI is InChI=1S/C51H76O38/c1-74-43(72)13-2-4-14(5-3-13)44(73)75-12-21-42-28(64)35(71)51(82-21)88-41-20(11-57)80-49(33(69)26(41)62)86-39-18(9-55)78-47(31(67)24(39)60)84-37-16(7-53)76-45(29(65)22(37)58)83-36-15(6-52)77-46(30(66)23(36)59)85-38-17(8-54)79-48(32(68)25(38)61)87-40-19(10-56)81-50(89-42)34(70)27(40)63/h2-5,15-42,45-71H,6-12H2,1H3/t15-,16-,17-,18-,19-,20-,21-,22-,23+,24-,25+,26-,27+,28-,29-,30+,31-,32+,33-,34+,35-,36-,37-,38-,39-,40-,41-,42-,45-,46-,47-,48-,49-,50-,51-/m1/s1. The molecule has 0 unspecified atom stereocenters. The number of carbonyl (C=O) groups excluding carboxylic acids is 2. The van der Waals surface area contributed by atoms with E-state index in [-0.39, 0.29) is 11.1 Å². The molecule has 0 aliphatic carbocycles. The van der Waals surface area contributed by atoms with Gasteiger partial charge in [-0.3, -0.25) is 0 Å². The summed E-state index contributed by atoms with van der Waals surface area (Å²) in [6.45, 7) is -7.49. The summed E-state index contributed by atoms with van der Waals surface area (Å²) in [6.07, 6.45) is -72.5. The van der Waals surface area contributed by atoms with E-state index in [9.17, 15) is 112 Å². The first-order valence-corrected chi connectivity index (χ1v) is 28.1. The fourth-order valence-electron chi connectivity index (χ4n) is 11.5. The van der Waals surface area contributed by atoms with E-state index in [1.54, 1.807) is 0 Å². The second-order valence-corrected chi connectivity index (χ2v) is 22.1. The molecule has 0 spiro atoms. The lowest BCUT2D eigenvalue weighted by Crippen LogP contribution is -2.68. The van der Waals surface area contributed by atoms with Gasteiger partial charge in [0.05, 0.1) is 57.9 Å². The molecule has 0 amide bonds. The normalized spacial score (nSPS) is 49.3. The van der Waals surface area contributed by atoms with E-state index in [1.165, 1.54) is 24.3 Å². The highest BCUT2D eigenvalue weighted by molar-refractivity contribution is 5.93. The van der Waals surface area contributed by atoms with Gasteiger partial charge in [0.25, 0.3) is 0 Å². The second-order valence-electron chi connectivity index (χ2n) is 22.1. The van der Waals surface area contributed by atoms with Crippen LogP contribution in [0, 0.1) is 0 Å². The summed E-state index contributed by atoms with van der Waals surface area (Å²) < 4.78 is 90.9. The zero-order valence-corrected chi connectivity index (χ0v) is 46.8. The fraction of sp³-hybridized carbons (Fsp3) is 0.843. The summed E-state index contributed by atoms with van der Waals surface area (Å²) in [5.74, 6) is -1.85. The Balaban J connectivity index is 1.02. The quantitative estimate of drug-likeness (QED) is 0.0967. The lowest BCUT2D eigenvalue weighted by atomic mass is 9.95. The van der Waals surface area contributed by atoms with E-state index in [0.29, 0.717) is 0 Å². The molecule has 22 rings (SSSR count). The molecule has 1 aromatic rings. The number of rotatable bonds is 10. The van der Waals surface area contributed by atoms with E-state index in [1.807, 2.05) is 0 Å². The largest absolute Gasteiger partial charge is 0.465 e. The van der Waals surface area contributed by atoms with Gasteiger partial charge in [-0.15, -0.1) is 0 Å². The van der Waals surface area contributed by atoms with Crippen LogP contribution in [0.5, 0.6) is 0 Å². The molecule has 38 heteroatoms. The van der Waals surface area contributed by atoms with Crippen molar-refractivity contribution in [3.05, 3.63) is 35.4 Å². The van der Waals surface area contributed by atoms with Gasteiger partial charge in [-0.2, -0.15) is 0 Å². The second kappa shape index (κ2) is 30.0. The van der Waals surface area contributed by atoms with Crippen LogP contribution in [-0.2, 0) is 75.8 Å². The lowest BCUT2D eigenvalue weighted by molar-refractivity contribution is -0.396. The van der Waals surface area contributed by atoms with Crippen molar-refractivity contribution in [2.24, 2.45) is 0 Å². The summed E-state index contributed by atoms with van der Waals surface area (Å²) in [7, 11) is 1.12. The van der Waals surface area contributed by atoms with Gasteiger partial charge >= 0.3 is 11.9 Å². The number of methoxy groups -OCH3 is 1. The molecule has 508 valence electrons. The molecule has 21 heterocycles. The highest BCUT2D eigenvalue weighted by Crippen LogP contribution is 2.39. The van der Waals surface area contributed by atoms with Crippen molar-refractivity contribution >= 4 is 11.9 Å². The molecule has 21 aliphatic heterocycles. The molecule has 21 saturated heterocycles. The molecule has 0 saturated carbocycles. The van der Waals surface area contributed by atoms with Crippen LogP contribution in [0.1, 0.15) is 20.7 Å². The Bertz CT molecular complexity index is 2400. The average molecular weight is 1300 g/mol. The van der Waals surface area contributed by atoms with E-state index < -0.39 is 273 Å². The van der Waals surface area contributed by atoms with E-state index in [2.05, 4.69) is 4.74 Å². The Morgan fingerprint density at radius 3 is 0.663 bits per heavy atom. The van der Waals surface area contributed by atoms with Crippen LogP contribution in [0.25, 0.3) is 0 Å². The van der Waals surface area contributed by atoms with Crippen molar-refractivity contribution in [2.45, 2.75) is 215 Å². The monoisotopic (exact) mass is 1300 g/mol. The Labute approximate surface area is 502 Å². The molecule has 20 N–H and O–H groups in total. The number of aliphatic hydroxyl groups is 20. The Hall–Kier alpha value is -3.20. The van der Waals surface area contributed by atoms with Crippen LogP contribution in [0.2, 0.25) is 0 Å². The Kier molecular flexibility index (Phi) is 23.7. The maximum atomic E-state index is 13.4. The van der Waals surface area contributed by atoms with Gasteiger partial charge in [0, 0.05) is 0 Å². The van der Waals surface area contributed by atoms with Gasteiger partial charge in [0.15, 0.2) is 44.0 Å². The number of ether oxygens (including phenoxy) is 16. The predicted molar refractivity (Wildman–Crippen MR) is 269 cm³/mol. The summed E-state index contributed by atoms with van der Waals surface area (Å²) in [6, 6.07) is 4.81. The van der Waals surface area contributed by atoms with Gasteiger partial charge in [0.2, 0.25) is 0 Å². The minimum absolute atomic E-state index is 0.0409. The molecule has 21 aliphatic rings. The summed E-state index contributed by atoms with van der Waals surface area (Å²) in [4.78, 5) is 25.5. The SMILES string of the molecule is COC(=O)c1ccc(C(=O)OC[C@H]2O[C@@H]3O[C@H]4[C@H](O)[C@@H](O)[C@@H](O[C@H]5[C@H](O)[C@@H](O)[C@@H](O[C@H]6[C@H](O)[C@@H](O)[C@@H](O[C@H]7[C@@H](O)[C@H](O)[C@@H](O[C@H]8[C@@H](O)[C@H](O)[C@@H](O[C@H]9[C@@H](O)[C@H](O)[C@@H](O[C@H]2[C@H](O)[C@H]3O)O[C@@H]9CO)O[C@@H]8CO)O[C@@H]7CO)O[C@@H]6CO)O[C@@H]5CO)O[C@@H]4CO)cc1. The molecule has 35 atom stereocenters. The number of esters is 2. The van der Waals surface area contributed by atoms with Gasteiger partial charge < -0.3 is 178 Å². The number of hydrogen-bond acceptors (Lipinski definition) is 38. The first-order valence-electron chi connectivity index (χ1n) is 28.1. The third kappa shape index (κ3) is 14.3. The molecule has 0 aromatic heterocycles. The van der Waals surface area contributed by atoms with Gasteiger partial charge in [-0.1, -0.05) is 0 Å². The third-order valence-corrected chi connectivity index (χ3v) is 16.5. The van der Waals surface area contributed by atoms with Crippen molar-refractivity contribution < 1.29 is 188 Å².